The number of imidazole rings is 1. The average molecular weight is 382 g/mol. The van der Waals surface area contributed by atoms with Gasteiger partial charge in [0, 0.05) is 30.5 Å². The van der Waals surface area contributed by atoms with Gasteiger partial charge in [-0.2, -0.15) is 0 Å². The number of nitrogens with one attached hydrogen (secondary N) is 2. The van der Waals surface area contributed by atoms with Gasteiger partial charge in [0.1, 0.15) is 17.1 Å². The normalized spacial score (nSPS) is 10.9. The number of nitrogens with zero attached hydrogens (tertiary/aromatic N) is 3. The van der Waals surface area contributed by atoms with Crippen molar-refractivity contribution in [3.05, 3.63) is 41.3 Å². The molecule has 148 valence electrons. The van der Waals surface area contributed by atoms with Gasteiger partial charge >= 0.3 is 6.03 Å². The van der Waals surface area contributed by atoms with E-state index in [9.17, 15) is 4.79 Å². The summed E-state index contributed by atoms with van der Waals surface area (Å²) in [5.41, 5.74) is 10.5. The summed E-state index contributed by atoms with van der Waals surface area (Å²) >= 11 is 0. The number of urea groups is 1. The molecule has 0 saturated carbocycles. The molecule has 2 amide bonds. The largest absolute Gasteiger partial charge is 0.497 e. The molecule has 0 radical (unpaired) electrons. The van der Waals surface area contributed by atoms with Crippen LogP contribution in [-0.2, 0) is 6.54 Å². The zero-order valence-electron chi connectivity index (χ0n) is 16.7. The summed E-state index contributed by atoms with van der Waals surface area (Å²) in [6, 6.07) is 6.98. The summed E-state index contributed by atoms with van der Waals surface area (Å²) in [4.78, 5) is 21.0. The van der Waals surface area contributed by atoms with Crippen LogP contribution in [0.2, 0.25) is 0 Å². The molecule has 0 atom stereocenters. The summed E-state index contributed by atoms with van der Waals surface area (Å²) in [6.07, 6.45) is 0.762. The molecule has 0 aliphatic heterocycles. The number of benzene rings is 1. The van der Waals surface area contributed by atoms with Crippen LogP contribution in [0.25, 0.3) is 11.0 Å². The Kier molecular flexibility index (Phi) is 5.67. The van der Waals surface area contributed by atoms with Crippen LogP contribution in [0.15, 0.2) is 24.3 Å². The zero-order valence-corrected chi connectivity index (χ0v) is 16.7. The minimum atomic E-state index is -0.249. The SMILES string of the molecule is COc1cccc(NC(=O)NCCCn2c(C)nc3c(N)nc(C)c(C)c32)c1. The Morgan fingerprint density at radius 3 is 2.79 bits per heavy atom. The number of anilines is 2. The maximum absolute atomic E-state index is 12.1. The highest BCUT2D eigenvalue weighted by Crippen LogP contribution is 2.25. The Bertz CT molecular complexity index is 1010. The van der Waals surface area contributed by atoms with Crippen molar-refractivity contribution < 1.29 is 9.53 Å². The van der Waals surface area contributed by atoms with E-state index in [4.69, 9.17) is 10.5 Å². The number of hydrogen-bond acceptors (Lipinski definition) is 5. The number of nitrogen functional groups attached to an aromatic ring is 1. The minimum absolute atomic E-state index is 0.249. The average Bonchev–Trinajstić information content (AvgIpc) is 3.00. The van der Waals surface area contributed by atoms with Gasteiger partial charge in [0.25, 0.3) is 0 Å². The third-order valence-corrected chi connectivity index (χ3v) is 4.76. The smallest absolute Gasteiger partial charge is 0.319 e. The molecule has 0 bridgehead atoms. The Balaban J connectivity index is 1.59. The fourth-order valence-electron chi connectivity index (χ4n) is 3.20. The molecule has 0 saturated heterocycles. The number of methoxy groups -OCH3 is 1. The molecule has 2 heterocycles. The standard InChI is InChI=1S/C20H26N6O2/c1-12-13(2)23-19(21)17-18(12)26(14(3)24-17)10-6-9-22-20(27)25-15-7-5-8-16(11-15)28-4/h5,7-8,11H,6,9-10H2,1-4H3,(H2,21,23)(H2,22,25,27). The van der Waals surface area contributed by atoms with Crippen LogP contribution in [0.1, 0.15) is 23.5 Å². The topological polar surface area (TPSA) is 107 Å². The summed E-state index contributed by atoms with van der Waals surface area (Å²) in [7, 11) is 1.59. The van der Waals surface area contributed by atoms with Crippen LogP contribution in [0.3, 0.4) is 0 Å². The van der Waals surface area contributed by atoms with E-state index in [1.54, 1.807) is 13.2 Å². The van der Waals surface area contributed by atoms with E-state index in [1.165, 1.54) is 0 Å². The Morgan fingerprint density at radius 2 is 2.04 bits per heavy atom. The highest BCUT2D eigenvalue weighted by Gasteiger charge is 2.15. The van der Waals surface area contributed by atoms with Gasteiger partial charge in [-0.15, -0.1) is 0 Å². The molecular weight excluding hydrogens is 356 g/mol. The first-order valence-corrected chi connectivity index (χ1v) is 9.19. The van der Waals surface area contributed by atoms with E-state index in [0.717, 1.165) is 41.1 Å². The lowest BCUT2D eigenvalue weighted by Gasteiger charge is -2.11. The summed E-state index contributed by atoms with van der Waals surface area (Å²) in [6.45, 7) is 7.19. The monoisotopic (exact) mass is 382 g/mol. The number of fused-ring (bicyclic) bond motifs is 1. The molecule has 0 spiro atoms. The molecule has 28 heavy (non-hydrogen) atoms. The number of rotatable bonds is 6. The fraction of sp³-hybridized carbons (Fsp3) is 0.350. The maximum Gasteiger partial charge on any atom is 0.319 e. The molecule has 0 aliphatic rings. The number of aromatic nitrogens is 3. The predicted molar refractivity (Wildman–Crippen MR) is 111 cm³/mol. The first-order chi connectivity index (χ1) is 13.4. The molecule has 3 rings (SSSR count). The lowest BCUT2D eigenvalue weighted by Crippen LogP contribution is -2.30. The second kappa shape index (κ2) is 8.16. The van der Waals surface area contributed by atoms with Gasteiger partial charge in [0.15, 0.2) is 5.82 Å². The van der Waals surface area contributed by atoms with E-state index in [-0.39, 0.29) is 6.03 Å². The predicted octanol–water partition coefficient (Wildman–Crippen LogP) is 3.16. The summed E-state index contributed by atoms with van der Waals surface area (Å²) in [5, 5.41) is 5.68. The first-order valence-electron chi connectivity index (χ1n) is 9.19. The lowest BCUT2D eigenvalue weighted by atomic mass is 10.2. The third-order valence-electron chi connectivity index (χ3n) is 4.76. The van der Waals surface area contributed by atoms with Crippen LogP contribution in [0.5, 0.6) is 5.75 Å². The molecule has 0 unspecified atom stereocenters. The van der Waals surface area contributed by atoms with Crippen molar-refractivity contribution in [2.75, 3.05) is 24.7 Å². The van der Waals surface area contributed by atoms with Gasteiger partial charge in [0.05, 0.1) is 12.6 Å². The van der Waals surface area contributed by atoms with Gasteiger partial charge in [0.2, 0.25) is 0 Å². The molecule has 8 heteroatoms. The van der Waals surface area contributed by atoms with Gasteiger partial charge in [-0.25, -0.2) is 14.8 Å². The molecule has 0 aliphatic carbocycles. The van der Waals surface area contributed by atoms with Gasteiger partial charge in [-0.05, 0) is 44.9 Å². The van der Waals surface area contributed by atoms with E-state index < -0.39 is 0 Å². The second-order valence-electron chi connectivity index (χ2n) is 6.68. The number of carbonyl (C=O) groups excluding carboxylic acids is 1. The van der Waals surface area contributed by atoms with Crippen molar-refractivity contribution in [1.82, 2.24) is 19.9 Å². The van der Waals surface area contributed by atoms with Crippen molar-refractivity contribution in [1.29, 1.82) is 0 Å². The van der Waals surface area contributed by atoms with Crippen LogP contribution in [0, 0.1) is 20.8 Å². The van der Waals surface area contributed by atoms with Crippen molar-refractivity contribution >= 4 is 28.6 Å². The van der Waals surface area contributed by atoms with Crippen LogP contribution >= 0.6 is 0 Å². The van der Waals surface area contributed by atoms with E-state index in [0.29, 0.717) is 23.8 Å². The maximum atomic E-state index is 12.1. The number of aryl methyl sites for hydroxylation is 4. The summed E-state index contributed by atoms with van der Waals surface area (Å²) in [5.74, 6) is 2.04. The van der Waals surface area contributed by atoms with E-state index >= 15 is 0 Å². The Hall–Kier alpha value is -3.29. The van der Waals surface area contributed by atoms with Crippen LogP contribution < -0.4 is 21.1 Å². The highest BCUT2D eigenvalue weighted by atomic mass is 16.5. The fourth-order valence-corrected chi connectivity index (χ4v) is 3.20. The van der Waals surface area contributed by atoms with E-state index in [1.807, 2.05) is 39.0 Å². The zero-order chi connectivity index (χ0) is 20.3. The summed E-state index contributed by atoms with van der Waals surface area (Å²) < 4.78 is 7.29. The van der Waals surface area contributed by atoms with E-state index in [2.05, 4.69) is 25.2 Å². The molecule has 0 fully saturated rings. The Labute approximate surface area is 164 Å². The number of pyridine rings is 1. The lowest BCUT2D eigenvalue weighted by molar-refractivity contribution is 0.252. The number of amides is 2. The Morgan fingerprint density at radius 1 is 1.25 bits per heavy atom. The van der Waals surface area contributed by atoms with Crippen LogP contribution in [-0.4, -0.2) is 34.2 Å². The molecular formula is C20H26N6O2. The van der Waals surface area contributed by atoms with Crippen molar-refractivity contribution in [2.24, 2.45) is 0 Å². The molecule has 1 aromatic carbocycles. The van der Waals surface area contributed by atoms with Gasteiger partial charge in [-0.3, -0.25) is 0 Å². The highest BCUT2D eigenvalue weighted by molar-refractivity contribution is 5.89. The molecule has 8 nitrogen and oxygen atoms in total. The van der Waals surface area contributed by atoms with Gasteiger partial charge < -0.3 is 25.7 Å². The third kappa shape index (κ3) is 4.00. The second-order valence-corrected chi connectivity index (χ2v) is 6.68. The quantitative estimate of drug-likeness (QED) is 0.568. The molecule has 3 aromatic rings. The number of nitrogens with two attached hydrogens (primary N) is 1. The molecule has 2 aromatic heterocycles. The van der Waals surface area contributed by atoms with Crippen LogP contribution in [0.4, 0.5) is 16.3 Å². The number of ether oxygens (including phenoxy) is 1. The van der Waals surface area contributed by atoms with Crippen molar-refractivity contribution in [3.8, 4) is 5.75 Å². The molecule has 4 N–H and O–H groups in total. The number of carbonyl (C=O) groups is 1. The number of hydrogen-bond donors (Lipinski definition) is 3. The first kappa shape index (κ1) is 19.5. The van der Waals surface area contributed by atoms with Gasteiger partial charge in [-0.1, -0.05) is 6.07 Å². The minimum Gasteiger partial charge on any atom is -0.497 e. The van der Waals surface area contributed by atoms with Crippen molar-refractivity contribution in [2.45, 2.75) is 33.7 Å². The van der Waals surface area contributed by atoms with Crippen molar-refractivity contribution in [3.63, 3.8) is 0 Å².